The molecule has 114 heavy (non-hydrogen) atoms. The minimum absolute atomic E-state index is 0.0228. The monoisotopic (exact) mass is 1620 g/mol. The number of nitrogens with zero attached hydrogens (tertiary/aromatic N) is 5. The van der Waals surface area contributed by atoms with Crippen LogP contribution in [0.3, 0.4) is 0 Å². The Morgan fingerprint density at radius 2 is 1.31 bits per heavy atom. The number of hydrogen-bond acceptors (Lipinski definition) is 22. The van der Waals surface area contributed by atoms with Crippen molar-refractivity contribution in [2.24, 2.45) is 16.5 Å². The van der Waals surface area contributed by atoms with Gasteiger partial charge < -0.3 is 100.0 Å². The Morgan fingerprint density at radius 1 is 0.693 bits per heavy atom. The van der Waals surface area contributed by atoms with Crippen molar-refractivity contribution in [3.63, 3.8) is 0 Å². The van der Waals surface area contributed by atoms with E-state index in [1.165, 1.54) is 24.0 Å². The molecule has 0 aliphatic carbocycles. The maximum Gasteiger partial charge on any atom is 0.412 e. The number of carboxylic acid groups (broad SMARTS) is 3. The van der Waals surface area contributed by atoms with Gasteiger partial charge in [-0.05, 0) is 110 Å². The molecule has 9 amide bonds. The van der Waals surface area contributed by atoms with E-state index in [4.69, 9.17) is 33.5 Å². The van der Waals surface area contributed by atoms with Gasteiger partial charge in [0.25, 0.3) is 23.3 Å². The molecular formula is C74H83ClN20O17S2. The van der Waals surface area contributed by atoms with Crippen LogP contribution < -0.4 is 80.2 Å². The van der Waals surface area contributed by atoms with Gasteiger partial charge in [0.2, 0.25) is 35.5 Å². The summed E-state index contributed by atoms with van der Waals surface area (Å²) in [5.74, 6) is -8.97. The van der Waals surface area contributed by atoms with Gasteiger partial charge in [-0.3, -0.25) is 62.7 Å². The average Bonchev–Trinajstić information content (AvgIpc) is 1.55. The summed E-state index contributed by atoms with van der Waals surface area (Å²) < 4.78 is 5.59. The second-order valence-electron chi connectivity index (χ2n) is 25.9. The summed E-state index contributed by atoms with van der Waals surface area (Å²) in [5.41, 5.74) is 22.2. The molecule has 600 valence electrons. The lowest BCUT2D eigenvalue weighted by molar-refractivity contribution is -0.143. The van der Waals surface area contributed by atoms with Crippen LogP contribution in [0.25, 0.3) is 43.7 Å². The average molecular weight is 1620 g/mol. The van der Waals surface area contributed by atoms with Gasteiger partial charge in [-0.1, -0.05) is 59.7 Å². The summed E-state index contributed by atoms with van der Waals surface area (Å²) in [4.78, 5) is 191. The predicted molar refractivity (Wildman–Crippen MR) is 430 cm³/mol. The topological polar surface area (TPSA) is 580 Å². The third-order valence-corrected chi connectivity index (χ3v) is 20.4. The Labute approximate surface area is 661 Å². The van der Waals surface area contributed by atoms with E-state index >= 15 is 0 Å². The standard InChI is InChI=1S/C38H52N14O12S2.C36H31ClN6O5/c1-3-65-66-17-25(36(63)64)50-34(61)24(14-28(56)57)49-32(59)22(5-4-12-42-37(39)40)48-33(60)23(13-27(54)55)47-26(53)11-6-18(2)45-31(58)19-7-9-20(10-8-19)43-15-21-16-44-30-29(46-21)35(62)52-38(41)51-30;1-3-32(44)39-22-8-10-26-19(12-22)14-28(41-26)34(45)40-23-9-11-27-20(13-23)15-29(42-27)35(46)43-18-21(17-37)33-25-7-5-4-6-24(25)31(16-30(33)43)48-36(47)38-2/h7-10,16,18,22-25,43H,3-6,11-15,17H2,1-2H3,(H,45,58)(H,47,53)(H,48,60)(H,49,59)(H,50,61)(H,54,55)(H,56,57)(H,63,64)(H4,39,40,42)(H3,41,44,51,52,62);4-16,21,41-42H,3,17-18H2,1-2H3,(H,38,47)(H,39,44)(H,40,45)/t18-,22+,23+,24+,25+;/m1./s1. The lowest BCUT2D eigenvalue weighted by atomic mass is 9.95. The third-order valence-electron chi connectivity index (χ3n) is 17.5. The number of hydrogen-bond donors (Lipinski definition) is 18. The van der Waals surface area contributed by atoms with Crippen LogP contribution >= 0.6 is 33.2 Å². The van der Waals surface area contributed by atoms with E-state index in [0.29, 0.717) is 70.2 Å². The van der Waals surface area contributed by atoms with E-state index < -0.39 is 102 Å². The molecule has 6 atom stereocenters. The Hall–Kier alpha value is -13.0. The van der Waals surface area contributed by atoms with E-state index in [0.717, 1.165) is 48.9 Å². The number of H-pyrrole nitrogens is 3. The highest BCUT2D eigenvalue weighted by molar-refractivity contribution is 8.76. The van der Waals surface area contributed by atoms with Crippen molar-refractivity contribution in [2.45, 2.75) is 108 Å². The smallest absolute Gasteiger partial charge is 0.412 e. The molecule has 9 aromatic rings. The number of carbonyl (C=O) groups excluding carboxylic acids is 9. The van der Waals surface area contributed by atoms with E-state index in [2.05, 4.69) is 82.7 Å². The Morgan fingerprint density at radius 3 is 1.94 bits per heavy atom. The van der Waals surface area contributed by atoms with E-state index in [9.17, 15) is 77.6 Å². The van der Waals surface area contributed by atoms with Crippen LogP contribution in [0.5, 0.6) is 5.75 Å². The highest BCUT2D eigenvalue weighted by Gasteiger charge is 2.37. The molecule has 1 unspecified atom stereocenters. The minimum Gasteiger partial charge on any atom is -0.481 e. The number of ether oxygens (including phenoxy) is 1. The summed E-state index contributed by atoms with van der Waals surface area (Å²) in [6.07, 6.45) is -1.10. The second kappa shape index (κ2) is 39.7. The van der Waals surface area contributed by atoms with Crippen LogP contribution in [0.15, 0.2) is 119 Å². The van der Waals surface area contributed by atoms with Crippen LogP contribution in [0.1, 0.15) is 114 Å². The van der Waals surface area contributed by atoms with E-state index in [-0.39, 0.29) is 96.8 Å². The van der Waals surface area contributed by atoms with Crippen molar-refractivity contribution in [3.05, 3.63) is 148 Å². The molecule has 21 N–H and O–H groups in total. The van der Waals surface area contributed by atoms with Crippen LogP contribution in [0.4, 0.5) is 33.5 Å². The molecule has 0 saturated carbocycles. The zero-order valence-corrected chi connectivity index (χ0v) is 64.2. The molecule has 0 bridgehead atoms. The molecule has 5 aromatic carbocycles. The fraction of sp³-hybridized carbons (Fsp3) is 0.311. The van der Waals surface area contributed by atoms with Crippen molar-refractivity contribution in [2.75, 3.05) is 64.1 Å². The van der Waals surface area contributed by atoms with E-state index in [1.807, 2.05) is 43.3 Å². The van der Waals surface area contributed by atoms with Crippen molar-refractivity contribution in [1.82, 2.24) is 61.8 Å². The first-order valence-electron chi connectivity index (χ1n) is 35.5. The summed E-state index contributed by atoms with van der Waals surface area (Å²) in [6, 6.07) is 22.8. The number of benzene rings is 5. The van der Waals surface area contributed by atoms with Crippen LogP contribution in [0.2, 0.25) is 0 Å². The van der Waals surface area contributed by atoms with Crippen molar-refractivity contribution in [1.29, 1.82) is 0 Å². The molecule has 0 fully saturated rings. The number of nitrogens with one attached hydrogen (secondary N) is 12. The van der Waals surface area contributed by atoms with Crippen molar-refractivity contribution in [3.8, 4) is 5.75 Å². The molecule has 1 aliphatic heterocycles. The number of alkyl halides is 1. The Balaban J connectivity index is 0.000000273. The maximum atomic E-state index is 14.0. The van der Waals surface area contributed by atoms with Gasteiger partial charge in [0.05, 0.1) is 37.0 Å². The lowest BCUT2D eigenvalue weighted by Gasteiger charge is -2.25. The van der Waals surface area contributed by atoms with Gasteiger partial charge in [-0.2, -0.15) is 4.98 Å². The van der Waals surface area contributed by atoms with Gasteiger partial charge in [0, 0.05) is 118 Å². The second-order valence-corrected chi connectivity index (χ2v) is 29.0. The molecule has 10 rings (SSSR count). The first-order valence-corrected chi connectivity index (χ1v) is 38.6. The number of carboxylic acids is 3. The number of anilines is 5. The number of nitrogens with two attached hydrogens (primary N) is 3. The number of amides is 9. The quantitative estimate of drug-likeness (QED) is 0.00783. The molecule has 4 aromatic heterocycles. The van der Waals surface area contributed by atoms with Gasteiger partial charge in [0.1, 0.15) is 41.3 Å². The minimum atomic E-state index is -1.80. The maximum absolute atomic E-state index is 14.0. The zero-order chi connectivity index (χ0) is 82.4. The summed E-state index contributed by atoms with van der Waals surface area (Å²) >= 11 is 6.43. The normalized spacial score (nSPS) is 13.4. The third kappa shape index (κ3) is 23.1. The SMILES string of the molecule is CCC(=O)Nc1ccc2[nH]c(C(=O)Nc3ccc4[nH]c(C(=O)N5CC(CCl)c6c5cc(OC(=O)NC)c5ccccc65)cc4c3)cc2c1.CCSSC[C@H](NC(=O)[C@H](CC(=O)O)NC(=O)[C@H](CCCN=C(N)N)NC(=O)[C@H](CC(=O)O)NC(=O)CC[C@@H](C)NC(=O)c1ccc(NCc2cnc3nc(N)[nH]c(=O)c3n2)cc1)C(=O)O. The molecular weight excluding hydrogens is 1540 g/mol. The van der Waals surface area contributed by atoms with Crippen LogP contribution in [-0.4, -0.2) is 190 Å². The predicted octanol–water partition coefficient (Wildman–Crippen LogP) is 5.34. The van der Waals surface area contributed by atoms with Gasteiger partial charge in [-0.25, -0.2) is 19.6 Å². The number of halogens is 1. The van der Waals surface area contributed by atoms with Gasteiger partial charge >= 0.3 is 24.0 Å². The number of aliphatic carboxylic acids is 3. The molecule has 0 spiro atoms. The Kier molecular flexibility index (Phi) is 29.6. The molecule has 1 aliphatic rings. The highest BCUT2D eigenvalue weighted by Crippen LogP contribution is 2.46. The van der Waals surface area contributed by atoms with Gasteiger partial charge in [-0.15, -0.1) is 11.6 Å². The summed E-state index contributed by atoms with van der Waals surface area (Å²) in [5, 5.41) is 55.0. The number of aromatic amines is 3. The number of aromatic nitrogens is 6. The van der Waals surface area contributed by atoms with E-state index in [1.54, 1.807) is 85.5 Å². The Bertz CT molecular complexity index is 5230. The molecule has 0 saturated heterocycles. The van der Waals surface area contributed by atoms with Crippen molar-refractivity contribution >= 4 is 183 Å². The number of carbonyl (C=O) groups is 12. The lowest BCUT2D eigenvalue weighted by Crippen LogP contribution is -2.58. The van der Waals surface area contributed by atoms with Crippen molar-refractivity contribution < 1.29 is 77.6 Å². The number of rotatable bonds is 35. The first kappa shape index (κ1) is 85.0. The van der Waals surface area contributed by atoms with Crippen LogP contribution in [0, 0.1) is 0 Å². The largest absolute Gasteiger partial charge is 0.481 e. The van der Waals surface area contributed by atoms with Gasteiger partial charge in [0.15, 0.2) is 17.1 Å². The number of aliphatic imine (C=N–C) groups is 1. The number of nitrogen functional groups attached to an aromatic ring is 1. The molecule has 5 heterocycles. The first-order chi connectivity index (χ1) is 54.5. The molecule has 0 radical (unpaired) electrons. The summed E-state index contributed by atoms with van der Waals surface area (Å²) in [7, 11) is 3.97. The molecule has 37 nitrogen and oxygen atoms in total. The fourth-order valence-electron chi connectivity index (χ4n) is 11.9. The highest BCUT2D eigenvalue weighted by atomic mass is 35.5. The zero-order valence-electron chi connectivity index (χ0n) is 61.8. The number of guanidine groups is 1. The fourth-order valence-corrected chi connectivity index (χ4v) is 14.0. The summed E-state index contributed by atoms with van der Waals surface area (Å²) in [6.45, 7) is 5.75. The van der Waals surface area contributed by atoms with Crippen LogP contribution in [-0.2, 0) is 44.9 Å². The molecule has 40 heteroatoms. The number of fused-ring (bicyclic) bond motifs is 6.